The first kappa shape index (κ1) is 16.3. The summed E-state index contributed by atoms with van der Waals surface area (Å²) in [6.45, 7) is 5.25. The summed E-state index contributed by atoms with van der Waals surface area (Å²) in [5.41, 5.74) is 6.57. The normalized spacial score (nSPS) is 20.4. The fourth-order valence-electron chi connectivity index (χ4n) is 2.76. The van der Waals surface area contributed by atoms with Gasteiger partial charge in [-0.25, -0.2) is 8.42 Å². The maximum absolute atomic E-state index is 12.8. The minimum Gasteiger partial charge on any atom is -0.494 e. The second kappa shape index (κ2) is 6.77. The van der Waals surface area contributed by atoms with Crippen LogP contribution in [0.4, 0.5) is 0 Å². The lowest BCUT2D eigenvalue weighted by Gasteiger charge is -2.34. The van der Waals surface area contributed by atoms with Crippen molar-refractivity contribution in [3.8, 4) is 5.75 Å². The number of aryl methyl sites for hydroxylation is 1. The molecule has 2 rings (SSSR count). The van der Waals surface area contributed by atoms with Crippen LogP contribution in [0.15, 0.2) is 23.1 Å². The average Bonchev–Trinajstić information content (AvgIpc) is 2.49. The van der Waals surface area contributed by atoms with E-state index >= 15 is 0 Å². The number of sulfonamides is 1. The highest BCUT2D eigenvalue weighted by Gasteiger charge is 2.32. The average molecular weight is 312 g/mol. The fourth-order valence-corrected chi connectivity index (χ4v) is 4.55. The van der Waals surface area contributed by atoms with E-state index in [1.807, 2.05) is 13.8 Å². The first-order valence-electron chi connectivity index (χ1n) is 7.46. The van der Waals surface area contributed by atoms with Crippen LogP contribution in [0, 0.1) is 6.92 Å². The molecule has 6 heteroatoms. The third kappa shape index (κ3) is 3.39. The molecule has 1 fully saturated rings. The first-order valence-corrected chi connectivity index (χ1v) is 8.90. The van der Waals surface area contributed by atoms with E-state index in [4.69, 9.17) is 10.5 Å². The highest BCUT2D eigenvalue weighted by molar-refractivity contribution is 7.89. The molecular weight excluding hydrogens is 288 g/mol. The zero-order valence-corrected chi connectivity index (χ0v) is 13.5. The van der Waals surface area contributed by atoms with Crippen LogP contribution in [0.3, 0.4) is 0 Å². The topological polar surface area (TPSA) is 72.6 Å². The summed E-state index contributed by atoms with van der Waals surface area (Å²) in [7, 11) is -3.48. The van der Waals surface area contributed by atoms with Gasteiger partial charge in [0.15, 0.2) is 0 Å². The molecule has 21 heavy (non-hydrogen) atoms. The van der Waals surface area contributed by atoms with Gasteiger partial charge in [0, 0.05) is 19.1 Å². The molecule has 118 valence electrons. The summed E-state index contributed by atoms with van der Waals surface area (Å²) >= 11 is 0. The quantitative estimate of drug-likeness (QED) is 0.901. The second-order valence-corrected chi connectivity index (χ2v) is 7.25. The van der Waals surface area contributed by atoms with E-state index in [0.717, 1.165) is 30.6 Å². The molecule has 0 aromatic heterocycles. The van der Waals surface area contributed by atoms with E-state index in [0.29, 0.717) is 24.6 Å². The van der Waals surface area contributed by atoms with Crippen molar-refractivity contribution in [2.75, 3.05) is 19.7 Å². The fraction of sp³-hybridized carbons (Fsp3) is 0.600. The van der Waals surface area contributed by atoms with Crippen LogP contribution in [0.5, 0.6) is 5.75 Å². The Morgan fingerprint density at radius 2 is 2.14 bits per heavy atom. The predicted molar refractivity (Wildman–Crippen MR) is 82.9 cm³/mol. The van der Waals surface area contributed by atoms with Crippen LogP contribution in [-0.4, -0.2) is 38.5 Å². The van der Waals surface area contributed by atoms with Crippen molar-refractivity contribution >= 4 is 10.0 Å². The molecule has 1 unspecified atom stereocenters. The number of nitrogens with two attached hydrogens (primary N) is 1. The molecule has 2 N–H and O–H groups in total. The Morgan fingerprint density at radius 1 is 1.38 bits per heavy atom. The molecule has 1 aromatic carbocycles. The summed E-state index contributed by atoms with van der Waals surface area (Å²) in [4.78, 5) is 0.323. The molecule has 1 atom stereocenters. The zero-order chi connectivity index (χ0) is 15.5. The van der Waals surface area contributed by atoms with E-state index in [2.05, 4.69) is 0 Å². The molecule has 1 aliphatic rings. The third-order valence-electron chi connectivity index (χ3n) is 3.90. The number of rotatable bonds is 5. The number of benzene rings is 1. The van der Waals surface area contributed by atoms with E-state index in [1.165, 1.54) is 0 Å². The van der Waals surface area contributed by atoms with Gasteiger partial charge < -0.3 is 10.5 Å². The van der Waals surface area contributed by atoms with Crippen molar-refractivity contribution in [2.45, 2.75) is 44.0 Å². The molecule has 0 amide bonds. The van der Waals surface area contributed by atoms with Crippen LogP contribution in [0.25, 0.3) is 0 Å². The molecule has 1 aromatic rings. The van der Waals surface area contributed by atoms with E-state index in [9.17, 15) is 8.42 Å². The van der Waals surface area contributed by atoms with E-state index < -0.39 is 10.0 Å². The number of piperidine rings is 1. The van der Waals surface area contributed by atoms with Crippen molar-refractivity contribution in [1.29, 1.82) is 0 Å². The molecular formula is C15H24N2O3S. The van der Waals surface area contributed by atoms with Gasteiger partial charge in [-0.05, 0) is 50.5 Å². The summed E-state index contributed by atoms with van der Waals surface area (Å²) in [6.07, 6.45) is 2.77. The molecule has 1 saturated heterocycles. The molecule has 0 bridgehead atoms. The summed E-state index contributed by atoms with van der Waals surface area (Å²) in [5, 5.41) is 0. The van der Waals surface area contributed by atoms with Crippen LogP contribution in [0.1, 0.15) is 31.7 Å². The summed E-state index contributed by atoms with van der Waals surface area (Å²) in [5.74, 6) is 0.727. The standard InChI is InChI=1S/C15H24N2O3S/c1-3-20-15-8-7-14(10-12(15)2)21(18,19)17-9-5-4-6-13(17)11-16/h7-8,10,13H,3-6,9,11,16H2,1-2H3. The number of nitrogens with zero attached hydrogens (tertiary/aromatic N) is 1. The minimum atomic E-state index is -3.48. The van der Waals surface area contributed by atoms with Gasteiger partial charge >= 0.3 is 0 Å². The molecule has 0 spiro atoms. The van der Waals surface area contributed by atoms with Crippen molar-refractivity contribution in [2.24, 2.45) is 5.73 Å². The Bertz CT molecular complexity index is 587. The lowest BCUT2D eigenvalue weighted by Crippen LogP contribution is -2.47. The molecule has 0 radical (unpaired) electrons. The van der Waals surface area contributed by atoms with Gasteiger partial charge in [-0.2, -0.15) is 4.31 Å². The molecule has 5 nitrogen and oxygen atoms in total. The number of ether oxygens (including phenoxy) is 1. The molecule has 0 aliphatic carbocycles. The van der Waals surface area contributed by atoms with Gasteiger partial charge in [-0.3, -0.25) is 0 Å². The van der Waals surface area contributed by atoms with Crippen molar-refractivity contribution in [3.63, 3.8) is 0 Å². The van der Waals surface area contributed by atoms with Crippen molar-refractivity contribution in [3.05, 3.63) is 23.8 Å². The Kier molecular flexibility index (Phi) is 5.24. The Hall–Kier alpha value is -1.11. The van der Waals surface area contributed by atoms with Crippen LogP contribution in [-0.2, 0) is 10.0 Å². The largest absolute Gasteiger partial charge is 0.494 e. The monoisotopic (exact) mass is 312 g/mol. The van der Waals surface area contributed by atoms with Gasteiger partial charge in [0.25, 0.3) is 0 Å². The smallest absolute Gasteiger partial charge is 0.243 e. The highest BCUT2D eigenvalue weighted by atomic mass is 32.2. The second-order valence-electron chi connectivity index (χ2n) is 5.36. The van der Waals surface area contributed by atoms with E-state index in [1.54, 1.807) is 22.5 Å². The Balaban J connectivity index is 2.32. The van der Waals surface area contributed by atoms with Crippen LogP contribution < -0.4 is 10.5 Å². The summed E-state index contributed by atoms with van der Waals surface area (Å²) in [6, 6.07) is 4.95. The zero-order valence-electron chi connectivity index (χ0n) is 12.7. The first-order chi connectivity index (χ1) is 10.0. The lowest BCUT2D eigenvalue weighted by molar-refractivity contribution is 0.257. The van der Waals surface area contributed by atoms with Crippen LogP contribution in [0.2, 0.25) is 0 Å². The maximum atomic E-state index is 12.8. The van der Waals surface area contributed by atoms with E-state index in [-0.39, 0.29) is 6.04 Å². The molecule has 1 heterocycles. The van der Waals surface area contributed by atoms with Gasteiger partial charge in [0.05, 0.1) is 11.5 Å². The lowest BCUT2D eigenvalue weighted by atomic mass is 10.1. The number of hydrogen-bond donors (Lipinski definition) is 1. The predicted octanol–water partition coefficient (Wildman–Crippen LogP) is 1.90. The summed E-state index contributed by atoms with van der Waals surface area (Å²) < 4.78 is 32.6. The van der Waals surface area contributed by atoms with Gasteiger partial charge in [-0.15, -0.1) is 0 Å². The van der Waals surface area contributed by atoms with Gasteiger partial charge in [0.2, 0.25) is 10.0 Å². The van der Waals surface area contributed by atoms with Crippen LogP contribution >= 0.6 is 0 Å². The van der Waals surface area contributed by atoms with Gasteiger partial charge in [-0.1, -0.05) is 6.42 Å². The Morgan fingerprint density at radius 3 is 2.76 bits per heavy atom. The van der Waals surface area contributed by atoms with Crippen molar-refractivity contribution < 1.29 is 13.2 Å². The van der Waals surface area contributed by atoms with Gasteiger partial charge in [0.1, 0.15) is 5.75 Å². The minimum absolute atomic E-state index is 0.0874. The molecule has 1 aliphatic heterocycles. The van der Waals surface area contributed by atoms with Crippen molar-refractivity contribution in [1.82, 2.24) is 4.31 Å². The highest BCUT2D eigenvalue weighted by Crippen LogP contribution is 2.28. The SMILES string of the molecule is CCOc1ccc(S(=O)(=O)N2CCCCC2CN)cc1C. The third-order valence-corrected chi connectivity index (χ3v) is 5.85. The maximum Gasteiger partial charge on any atom is 0.243 e. The molecule has 0 saturated carbocycles. The Labute approximate surface area is 127 Å². The number of hydrogen-bond acceptors (Lipinski definition) is 4.